The zero-order valence-corrected chi connectivity index (χ0v) is 18.1. The third-order valence-corrected chi connectivity index (χ3v) is 5.68. The molecule has 0 unspecified atom stereocenters. The zero-order chi connectivity index (χ0) is 22.2. The van der Waals surface area contributed by atoms with Crippen molar-refractivity contribution < 1.29 is 4.39 Å². The molecule has 0 spiro atoms. The van der Waals surface area contributed by atoms with E-state index in [1.165, 1.54) is 12.1 Å². The van der Waals surface area contributed by atoms with Crippen molar-refractivity contribution in [2.45, 2.75) is 6.92 Å². The monoisotopic (exact) mass is 438 g/mol. The molecular weight excluding hydrogens is 419 g/mol. The topological polar surface area (TPSA) is 56.7 Å². The second-order valence-corrected chi connectivity index (χ2v) is 7.94. The lowest BCUT2D eigenvalue weighted by molar-refractivity contribution is 0.627. The molecule has 0 radical (unpaired) electrons. The number of hydrogen-bond acceptors (Lipinski definition) is 4. The second kappa shape index (κ2) is 7.98. The van der Waals surface area contributed by atoms with Crippen molar-refractivity contribution in [3.63, 3.8) is 0 Å². The summed E-state index contributed by atoms with van der Waals surface area (Å²) in [7, 11) is 0. The summed E-state index contributed by atoms with van der Waals surface area (Å²) in [6.45, 7) is 2.05. The first-order valence-corrected chi connectivity index (χ1v) is 10.5. The van der Waals surface area contributed by atoms with Crippen LogP contribution in [0.5, 0.6) is 0 Å². The summed E-state index contributed by atoms with van der Waals surface area (Å²) in [6.07, 6.45) is 0. The van der Waals surface area contributed by atoms with Gasteiger partial charge in [-0.25, -0.2) is 9.37 Å². The molecule has 0 saturated heterocycles. The fourth-order valence-corrected chi connectivity index (χ4v) is 4.07. The van der Waals surface area contributed by atoms with E-state index in [1.54, 1.807) is 16.7 Å². The zero-order valence-electron chi connectivity index (χ0n) is 17.3. The molecule has 2 heterocycles. The summed E-state index contributed by atoms with van der Waals surface area (Å²) in [5.41, 5.74) is 12.6. The normalized spacial score (nSPS) is 11.1. The van der Waals surface area contributed by atoms with Crippen molar-refractivity contribution in [3.8, 4) is 28.1 Å². The average Bonchev–Trinajstić information content (AvgIpc) is 2.80. The fourth-order valence-electron chi connectivity index (χ4n) is 3.78. The van der Waals surface area contributed by atoms with E-state index in [0.717, 1.165) is 27.9 Å². The number of nitrogens with two attached hydrogens (primary N) is 1. The smallest absolute Gasteiger partial charge is 0.207 e. The number of hydrogen-bond donors (Lipinski definition) is 1. The Morgan fingerprint density at radius 1 is 0.844 bits per heavy atom. The molecule has 6 heteroatoms. The van der Waals surface area contributed by atoms with Gasteiger partial charge in [0.25, 0.3) is 0 Å². The molecule has 0 aliphatic rings. The molecule has 2 N–H and O–H groups in total. The molecule has 2 aromatic heterocycles. The highest BCUT2D eigenvalue weighted by Gasteiger charge is 2.17. The fraction of sp³-hybridized carbons (Fsp3) is 0.0385. The molecular formula is C26H19FN4S. The number of nitrogen functional groups attached to an aromatic ring is 1. The van der Waals surface area contributed by atoms with Crippen LogP contribution in [0.1, 0.15) is 5.56 Å². The number of aryl methyl sites for hydroxylation is 1. The Labute approximate surface area is 189 Å². The number of pyridine rings is 1. The highest BCUT2D eigenvalue weighted by atomic mass is 32.1. The number of anilines is 1. The average molecular weight is 439 g/mol. The number of nitrogens with zero attached hydrogens (tertiary/aromatic N) is 3. The van der Waals surface area contributed by atoms with Crippen LogP contribution in [0.25, 0.3) is 39.1 Å². The Hall–Kier alpha value is -3.90. The third-order valence-electron chi connectivity index (χ3n) is 5.41. The lowest BCUT2D eigenvalue weighted by atomic mass is 9.99. The van der Waals surface area contributed by atoms with Crippen LogP contribution in [-0.2, 0) is 0 Å². The Bertz CT molecular complexity index is 1490. The summed E-state index contributed by atoms with van der Waals surface area (Å²) in [4.78, 5) is 9.41. The minimum absolute atomic E-state index is 0.258. The van der Waals surface area contributed by atoms with Gasteiger partial charge in [-0.05, 0) is 60.6 Å². The lowest BCUT2D eigenvalue weighted by Crippen LogP contribution is -2.09. The summed E-state index contributed by atoms with van der Waals surface area (Å²) < 4.78 is 15.4. The highest BCUT2D eigenvalue weighted by Crippen LogP contribution is 2.35. The van der Waals surface area contributed by atoms with Crippen molar-refractivity contribution in [1.29, 1.82) is 0 Å². The van der Waals surface area contributed by atoms with Gasteiger partial charge in [-0.15, -0.1) is 0 Å². The van der Waals surface area contributed by atoms with Crippen LogP contribution >= 0.6 is 12.2 Å². The number of rotatable bonds is 3. The maximum atomic E-state index is 13.5. The first kappa shape index (κ1) is 20.0. The van der Waals surface area contributed by atoms with E-state index in [4.69, 9.17) is 22.9 Å². The van der Waals surface area contributed by atoms with E-state index < -0.39 is 0 Å². The van der Waals surface area contributed by atoms with Crippen LogP contribution in [-0.4, -0.2) is 14.5 Å². The van der Waals surface area contributed by atoms with E-state index in [2.05, 4.69) is 29.2 Å². The molecule has 0 amide bonds. The molecule has 0 bridgehead atoms. The van der Waals surface area contributed by atoms with Crippen molar-refractivity contribution >= 4 is 29.1 Å². The minimum atomic E-state index is -0.331. The van der Waals surface area contributed by atoms with Gasteiger partial charge in [0.1, 0.15) is 11.6 Å². The van der Waals surface area contributed by atoms with Crippen LogP contribution in [0.4, 0.5) is 10.2 Å². The van der Waals surface area contributed by atoms with E-state index in [1.807, 2.05) is 43.3 Å². The number of halogens is 1. The number of fused-ring (bicyclic) bond motifs is 1. The molecule has 4 nitrogen and oxygen atoms in total. The quantitative estimate of drug-likeness (QED) is 0.326. The van der Waals surface area contributed by atoms with Gasteiger partial charge >= 0.3 is 0 Å². The van der Waals surface area contributed by atoms with E-state index in [9.17, 15) is 4.39 Å². The Kier molecular flexibility index (Phi) is 4.99. The van der Waals surface area contributed by atoms with Crippen molar-refractivity contribution in [2.24, 2.45) is 0 Å². The van der Waals surface area contributed by atoms with E-state index in [-0.39, 0.29) is 10.6 Å². The lowest BCUT2D eigenvalue weighted by Gasteiger charge is -2.16. The standard InChI is InChI=1S/C26H19FN4S/c1-16-7-9-17(10-8-16)21-15-22(18-5-3-2-4-6-18)29-25-23(21)24(28)31(26(32)30-25)20-13-11-19(27)12-14-20/h2-15H,28H2,1H3. The molecule has 5 rings (SSSR count). The van der Waals surface area contributed by atoms with Gasteiger partial charge in [0, 0.05) is 5.56 Å². The first-order chi connectivity index (χ1) is 15.5. The van der Waals surface area contributed by atoms with Crippen LogP contribution in [0.3, 0.4) is 0 Å². The van der Waals surface area contributed by atoms with E-state index in [0.29, 0.717) is 22.5 Å². The third kappa shape index (κ3) is 3.55. The maximum Gasteiger partial charge on any atom is 0.207 e. The summed E-state index contributed by atoms with van der Waals surface area (Å²) in [5, 5.41) is 0.700. The summed E-state index contributed by atoms with van der Waals surface area (Å²) >= 11 is 5.56. The SMILES string of the molecule is Cc1ccc(-c2cc(-c3ccccc3)nc3nc(=S)n(-c4ccc(F)cc4)c(N)c23)cc1. The van der Waals surface area contributed by atoms with Crippen molar-refractivity contribution in [1.82, 2.24) is 14.5 Å². The Morgan fingerprint density at radius 2 is 1.53 bits per heavy atom. The van der Waals surface area contributed by atoms with Gasteiger partial charge in [0.05, 0.1) is 16.8 Å². The van der Waals surface area contributed by atoms with Crippen LogP contribution in [0.2, 0.25) is 0 Å². The molecule has 0 fully saturated rings. The van der Waals surface area contributed by atoms with Crippen molar-refractivity contribution in [2.75, 3.05) is 5.73 Å². The van der Waals surface area contributed by atoms with Crippen LogP contribution in [0, 0.1) is 17.5 Å². The minimum Gasteiger partial charge on any atom is -0.384 e. The van der Waals surface area contributed by atoms with Crippen LogP contribution < -0.4 is 5.73 Å². The van der Waals surface area contributed by atoms with Gasteiger partial charge in [0.2, 0.25) is 4.77 Å². The molecule has 0 aliphatic heterocycles. The van der Waals surface area contributed by atoms with Gasteiger partial charge in [-0.1, -0.05) is 60.2 Å². The first-order valence-electron chi connectivity index (χ1n) is 10.1. The Balaban J connectivity index is 1.86. The predicted molar refractivity (Wildman–Crippen MR) is 130 cm³/mol. The highest BCUT2D eigenvalue weighted by molar-refractivity contribution is 7.71. The number of benzene rings is 3. The van der Waals surface area contributed by atoms with Gasteiger partial charge in [-0.2, -0.15) is 4.98 Å². The largest absolute Gasteiger partial charge is 0.384 e. The van der Waals surface area contributed by atoms with Crippen LogP contribution in [0.15, 0.2) is 84.9 Å². The van der Waals surface area contributed by atoms with Gasteiger partial charge in [0.15, 0.2) is 5.65 Å². The van der Waals surface area contributed by atoms with Crippen molar-refractivity contribution in [3.05, 3.63) is 101 Å². The molecule has 0 saturated carbocycles. The van der Waals surface area contributed by atoms with E-state index >= 15 is 0 Å². The number of aromatic nitrogens is 3. The van der Waals surface area contributed by atoms with Gasteiger partial charge in [-0.3, -0.25) is 4.57 Å². The molecule has 0 aliphatic carbocycles. The summed E-state index contributed by atoms with van der Waals surface area (Å²) in [6, 6.07) is 26.2. The second-order valence-electron chi connectivity index (χ2n) is 7.58. The molecule has 156 valence electrons. The molecule has 5 aromatic rings. The molecule has 32 heavy (non-hydrogen) atoms. The Morgan fingerprint density at radius 3 is 2.22 bits per heavy atom. The van der Waals surface area contributed by atoms with Gasteiger partial charge < -0.3 is 5.73 Å². The summed E-state index contributed by atoms with van der Waals surface area (Å²) in [5.74, 6) is 0.0800. The predicted octanol–water partition coefficient (Wildman–Crippen LogP) is 6.51. The maximum absolute atomic E-state index is 13.5. The molecule has 3 aromatic carbocycles. The molecule has 0 atom stereocenters.